The average molecular weight is 971 g/mol. The van der Waals surface area contributed by atoms with Crippen LogP contribution in [0.15, 0.2) is 238 Å². The molecular weight excluding hydrogens is 935 g/mol. The third-order valence-corrected chi connectivity index (χ3v) is 19.5. The van der Waals surface area contributed by atoms with E-state index in [9.17, 15) is 0 Å². The summed E-state index contributed by atoms with van der Waals surface area (Å²) in [6.07, 6.45) is 0. The zero-order valence-electron chi connectivity index (χ0n) is 39.5. The quantitative estimate of drug-likeness (QED) is 0.161. The molecule has 8 heteroatoms. The van der Waals surface area contributed by atoms with Gasteiger partial charge in [0.05, 0.1) is 33.1 Å². The first kappa shape index (κ1) is 39.0. The second-order valence-corrected chi connectivity index (χ2v) is 22.9. The summed E-state index contributed by atoms with van der Waals surface area (Å²) < 4.78 is 10.3. The Morgan fingerprint density at radius 1 is 0.257 bits per heavy atom. The van der Waals surface area contributed by atoms with Gasteiger partial charge in [0, 0.05) is 96.5 Å². The van der Waals surface area contributed by atoms with Gasteiger partial charge in [-0.1, -0.05) is 180 Å². The molecule has 74 heavy (non-hydrogen) atoms. The molecule has 0 N–H and O–H groups in total. The molecule has 4 aliphatic rings. The molecule has 0 fully saturated rings. The van der Waals surface area contributed by atoms with Crippen molar-refractivity contribution in [3.8, 4) is 22.7 Å². The summed E-state index contributed by atoms with van der Waals surface area (Å²) >= 11 is 3.86. The molecule has 19 rings (SSSR count). The Bertz CT molecular complexity index is 4700. The minimum absolute atomic E-state index is 0.106. The van der Waals surface area contributed by atoms with E-state index in [1.54, 1.807) is 0 Å². The van der Waals surface area contributed by atoms with E-state index >= 15 is 0 Å². The van der Waals surface area contributed by atoms with Gasteiger partial charge in [-0.2, -0.15) is 0 Å². The van der Waals surface area contributed by atoms with E-state index in [1.165, 1.54) is 162 Å². The van der Waals surface area contributed by atoms with Gasteiger partial charge in [-0.25, -0.2) is 0 Å². The Morgan fingerprint density at radius 3 is 1.03 bits per heavy atom. The average Bonchev–Trinajstić information content (AvgIpc) is 4.20. The summed E-state index contributed by atoms with van der Waals surface area (Å²) in [4.78, 5) is 5.31. The Kier molecular flexibility index (Phi) is 7.25. The van der Waals surface area contributed by atoms with Crippen molar-refractivity contribution in [3.05, 3.63) is 218 Å². The van der Waals surface area contributed by atoms with Crippen molar-refractivity contribution >= 4 is 157 Å². The van der Waals surface area contributed by atoms with E-state index in [0.717, 1.165) is 0 Å². The lowest BCUT2D eigenvalue weighted by Gasteiger charge is -2.34. The molecule has 0 atom stereocenters. The first-order chi connectivity index (χ1) is 36.7. The maximum atomic E-state index is 2.66. The smallest absolute Gasteiger partial charge is 0.249 e. The maximum absolute atomic E-state index is 2.66. The number of nitrogens with zero attached hydrogens (tertiary/aromatic N) is 4. The molecule has 11 aromatic carbocycles. The van der Waals surface area contributed by atoms with E-state index in [2.05, 4.69) is 237 Å². The molecule has 8 heterocycles. The van der Waals surface area contributed by atoms with Crippen LogP contribution in [-0.2, 0) is 0 Å². The molecule has 0 bridgehead atoms. The molecule has 0 radical (unpaired) electrons. The normalized spacial score (nSPS) is 13.8. The minimum atomic E-state index is 0.106. The molecule has 0 saturated heterocycles. The van der Waals surface area contributed by atoms with Gasteiger partial charge in [-0.15, -0.1) is 0 Å². The van der Waals surface area contributed by atoms with E-state index in [0.29, 0.717) is 0 Å². The number of hydrogen-bond donors (Lipinski definition) is 0. The van der Waals surface area contributed by atoms with Gasteiger partial charge in [-0.3, -0.25) is 0 Å². The van der Waals surface area contributed by atoms with E-state index in [4.69, 9.17) is 0 Å². The highest BCUT2D eigenvalue weighted by Crippen LogP contribution is 2.46. The lowest BCUT2D eigenvalue weighted by Crippen LogP contribution is -2.58. The molecule has 4 aromatic heterocycles. The zero-order chi connectivity index (χ0) is 47.7. The predicted octanol–water partition coefficient (Wildman–Crippen LogP) is 12.7. The van der Waals surface area contributed by atoms with Gasteiger partial charge < -0.3 is 18.3 Å². The monoisotopic (exact) mass is 970 g/mol. The first-order valence-electron chi connectivity index (χ1n) is 25.6. The lowest BCUT2D eigenvalue weighted by molar-refractivity contribution is 1.12. The summed E-state index contributed by atoms with van der Waals surface area (Å²) in [5.74, 6) is 0. The number of para-hydroxylation sites is 6. The van der Waals surface area contributed by atoms with Crippen LogP contribution in [0, 0.1) is 0 Å². The Hall–Kier alpha value is -8.55. The number of fused-ring (bicyclic) bond motifs is 20. The molecule has 0 aliphatic carbocycles. The van der Waals surface area contributed by atoms with Crippen LogP contribution in [0.5, 0.6) is 0 Å². The van der Waals surface area contributed by atoms with Gasteiger partial charge in [0.1, 0.15) is 0 Å². The van der Waals surface area contributed by atoms with Crippen molar-refractivity contribution in [2.75, 3.05) is 0 Å². The van der Waals surface area contributed by atoms with E-state index < -0.39 is 0 Å². The minimum Gasteiger partial charge on any atom is -0.310 e. The topological polar surface area (TPSA) is 19.7 Å². The molecular formula is C66H36B2N4S2. The van der Waals surface area contributed by atoms with E-state index in [1.807, 2.05) is 23.5 Å². The Balaban J connectivity index is 0.941. The standard InChI is InChI=1S/C66H36B2N4S2/c1-7-25-51-39(15-1)40-16-2-8-26-52(40)69(51)37-31-57-63-61(33-37)73-59-29-11-5-21-47(59)67(63)49-23-13-19-43-45-36-56-46(35-55(45)71(57)65(43)49)44-20-14-24-50-66(44)72(56)58-32-38(34-62-64(58)68(50)48-22-6-12-30-60(48)74-62)70-53-27-9-3-17-41(53)42-18-4-10-28-54(42)70/h1-36H. The number of hydrogen-bond acceptors (Lipinski definition) is 2. The van der Waals surface area contributed by atoms with Crippen molar-refractivity contribution in [1.82, 2.24) is 18.3 Å². The fourth-order valence-corrected chi connectivity index (χ4v) is 16.8. The van der Waals surface area contributed by atoms with Crippen LogP contribution in [0.2, 0.25) is 0 Å². The molecule has 338 valence electrons. The van der Waals surface area contributed by atoms with Crippen molar-refractivity contribution in [1.29, 1.82) is 0 Å². The summed E-state index contributed by atoms with van der Waals surface area (Å²) in [5, 5.41) is 10.2. The molecule has 15 aromatic rings. The largest absolute Gasteiger partial charge is 0.310 e. The van der Waals surface area contributed by atoms with Gasteiger partial charge in [0.2, 0.25) is 13.4 Å². The first-order valence-corrected chi connectivity index (χ1v) is 27.3. The third kappa shape index (κ3) is 4.70. The van der Waals surface area contributed by atoms with Crippen LogP contribution in [0.4, 0.5) is 0 Å². The highest BCUT2D eigenvalue weighted by Gasteiger charge is 2.42. The summed E-state index contributed by atoms with van der Waals surface area (Å²) in [6, 6.07) is 83.2. The predicted molar refractivity (Wildman–Crippen MR) is 314 cm³/mol. The van der Waals surface area contributed by atoms with Crippen LogP contribution in [0.25, 0.3) is 110 Å². The van der Waals surface area contributed by atoms with Gasteiger partial charge >= 0.3 is 0 Å². The number of rotatable bonds is 2. The van der Waals surface area contributed by atoms with Crippen LogP contribution in [0.1, 0.15) is 0 Å². The summed E-state index contributed by atoms with van der Waals surface area (Å²) in [7, 11) is 0. The van der Waals surface area contributed by atoms with Crippen molar-refractivity contribution in [2.45, 2.75) is 19.6 Å². The summed E-state index contributed by atoms with van der Waals surface area (Å²) in [5.41, 5.74) is 23.2. The zero-order valence-corrected chi connectivity index (χ0v) is 41.2. The second-order valence-electron chi connectivity index (χ2n) is 20.7. The SMILES string of the molecule is c1ccc2c(c1)Sc1cc(-n3c4ccccc4c4ccccc43)cc3c1B2c1cccc2c4cc5c(cc4n-3c12)c1cccc2c1n5-c1cc(-n3c4ccccc4c4ccccc43)cc3c1B2c1ccccc1S3. The third-order valence-electron chi connectivity index (χ3n) is 17.2. The van der Waals surface area contributed by atoms with E-state index in [-0.39, 0.29) is 13.4 Å². The molecule has 4 nitrogen and oxygen atoms in total. The van der Waals surface area contributed by atoms with Gasteiger partial charge in [0.25, 0.3) is 0 Å². The molecule has 0 saturated carbocycles. The number of aromatic nitrogens is 4. The lowest BCUT2D eigenvalue weighted by atomic mass is 9.35. The van der Waals surface area contributed by atoms with Crippen LogP contribution >= 0.6 is 23.5 Å². The highest BCUT2D eigenvalue weighted by atomic mass is 32.2. The maximum Gasteiger partial charge on any atom is 0.249 e. The van der Waals surface area contributed by atoms with Crippen LogP contribution in [-0.4, -0.2) is 31.7 Å². The summed E-state index contributed by atoms with van der Waals surface area (Å²) in [6.45, 7) is 0.213. The Morgan fingerprint density at radius 2 is 0.608 bits per heavy atom. The molecule has 0 unspecified atom stereocenters. The van der Waals surface area contributed by atoms with Gasteiger partial charge in [0.15, 0.2) is 0 Å². The van der Waals surface area contributed by atoms with Crippen molar-refractivity contribution in [2.24, 2.45) is 0 Å². The molecule has 4 aliphatic heterocycles. The van der Waals surface area contributed by atoms with Crippen molar-refractivity contribution in [3.63, 3.8) is 0 Å². The molecule has 0 amide bonds. The second kappa shape index (κ2) is 13.7. The van der Waals surface area contributed by atoms with Gasteiger partial charge in [-0.05, 0) is 94.6 Å². The molecule has 0 spiro atoms. The fraction of sp³-hybridized carbons (Fsp3) is 0. The van der Waals surface area contributed by atoms with Crippen LogP contribution in [0.3, 0.4) is 0 Å². The Labute approximate surface area is 433 Å². The van der Waals surface area contributed by atoms with Crippen LogP contribution < -0.4 is 32.8 Å². The van der Waals surface area contributed by atoms with Crippen molar-refractivity contribution < 1.29 is 0 Å². The fourth-order valence-electron chi connectivity index (χ4n) is 14.4. The highest BCUT2D eigenvalue weighted by molar-refractivity contribution is 8.00. The number of benzene rings is 11.